The molecule has 2 aromatic rings. The van der Waals surface area contributed by atoms with Gasteiger partial charge in [-0.05, 0) is 18.2 Å². The number of rotatable bonds is 3. The molecular weight excluding hydrogens is 305 g/mol. The van der Waals surface area contributed by atoms with Crippen LogP contribution >= 0.6 is 11.7 Å². The fourth-order valence-corrected chi connectivity index (χ4v) is 3.67. The van der Waals surface area contributed by atoms with Crippen LogP contribution in [0.3, 0.4) is 0 Å². The van der Waals surface area contributed by atoms with Gasteiger partial charge in [0.05, 0.1) is 17.5 Å². The maximum Gasteiger partial charge on any atom is 0.302 e. The topological polar surface area (TPSA) is 80.2 Å². The van der Waals surface area contributed by atoms with Crippen molar-refractivity contribution in [2.24, 2.45) is 5.92 Å². The third-order valence-corrected chi connectivity index (χ3v) is 4.62. The average Bonchev–Trinajstić information content (AvgIpc) is 2.92. The van der Waals surface area contributed by atoms with E-state index in [1.54, 1.807) is 18.2 Å². The Hall–Kier alpha value is -1.61. The standard InChI is InChI=1S/C11H10FN3O3S2/c12-20(17,18)6-7-3-11(16)15(5-7)8-1-2-9-10(4-8)14-19-13-9/h1-2,4,7H,3,5-6H2. The number of halogens is 1. The van der Waals surface area contributed by atoms with Crippen LogP contribution in [0.5, 0.6) is 0 Å². The molecule has 9 heteroatoms. The van der Waals surface area contributed by atoms with Crippen LogP contribution in [0.1, 0.15) is 6.42 Å². The van der Waals surface area contributed by atoms with Gasteiger partial charge in [0.2, 0.25) is 5.91 Å². The molecule has 1 aromatic carbocycles. The lowest BCUT2D eigenvalue weighted by Gasteiger charge is -2.16. The van der Waals surface area contributed by atoms with Crippen LogP contribution in [-0.2, 0) is 15.0 Å². The molecule has 1 unspecified atom stereocenters. The van der Waals surface area contributed by atoms with E-state index in [2.05, 4.69) is 8.75 Å². The first-order chi connectivity index (χ1) is 9.42. The normalized spacial score (nSPS) is 19.9. The van der Waals surface area contributed by atoms with Crippen molar-refractivity contribution < 1.29 is 17.1 Å². The third kappa shape index (κ3) is 2.63. The van der Waals surface area contributed by atoms with Gasteiger partial charge in [-0.1, -0.05) is 0 Å². The highest BCUT2D eigenvalue weighted by Gasteiger charge is 2.33. The zero-order valence-electron chi connectivity index (χ0n) is 10.2. The number of hydrogen-bond donors (Lipinski definition) is 0. The second-order valence-electron chi connectivity index (χ2n) is 4.72. The zero-order chi connectivity index (χ0) is 14.3. The lowest BCUT2D eigenvalue weighted by atomic mass is 10.1. The van der Waals surface area contributed by atoms with Crippen molar-refractivity contribution in [2.45, 2.75) is 6.42 Å². The predicted octanol–water partition coefficient (Wildman–Crippen LogP) is 1.34. The van der Waals surface area contributed by atoms with Crippen LogP contribution in [-0.4, -0.2) is 35.4 Å². The first kappa shape index (κ1) is 13.4. The summed E-state index contributed by atoms with van der Waals surface area (Å²) >= 11 is 1.08. The largest absolute Gasteiger partial charge is 0.312 e. The lowest BCUT2D eigenvalue weighted by molar-refractivity contribution is -0.117. The molecule has 1 saturated heterocycles. The third-order valence-electron chi connectivity index (χ3n) is 3.19. The van der Waals surface area contributed by atoms with Crippen molar-refractivity contribution in [1.29, 1.82) is 0 Å². The van der Waals surface area contributed by atoms with Gasteiger partial charge in [-0.2, -0.15) is 17.2 Å². The Morgan fingerprint density at radius 3 is 2.85 bits per heavy atom. The summed E-state index contributed by atoms with van der Waals surface area (Å²) in [6.45, 7) is 0.199. The number of hydrogen-bond acceptors (Lipinski definition) is 6. The van der Waals surface area contributed by atoms with Gasteiger partial charge in [0, 0.05) is 24.6 Å². The number of aromatic nitrogens is 2. The molecule has 20 heavy (non-hydrogen) atoms. The molecule has 1 fully saturated rings. The smallest absolute Gasteiger partial charge is 0.302 e. The van der Waals surface area contributed by atoms with Crippen LogP contribution in [0, 0.1) is 5.92 Å². The summed E-state index contributed by atoms with van der Waals surface area (Å²) in [6, 6.07) is 5.21. The summed E-state index contributed by atoms with van der Waals surface area (Å²) < 4.78 is 42.2. The first-order valence-corrected chi connectivity index (χ1v) is 8.16. The number of anilines is 1. The number of nitrogens with zero attached hydrogens (tertiary/aromatic N) is 3. The Morgan fingerprint density at radius 2 is 2.10 bits per heavy atom. The molecule has 3 rings (SSSR count). The number of carbonyl (C=O) groups is 1. The van der Waals surface area contributed by atoms with Crippen LogP contribution in [0.4, 0.5) is 9.57 Å². The predicted molar refractivity (Wildman–Crippen MR) is 72.8 cm³/mol. The number of fused-ring (bicyclic) bond motifs is 1. The molecule has 1 atom stereocenters. The second kappa shape index (κ2) is 4.74. The number of carbonyl (C=O) groups excluding carboxylic acids is 1. The van der Waals surface area contributed by atoms with E-state index in [4.69, 9.17) is 0 Å². The summed E-state index contributed by atoms with van der Waals surface area (Å²) in [5.74, 6) is -1.33. The van der Waals surface area contributed by atoms with E-state index >= 15 is 0 Å². The lowest BCUT2D eigenvalue weighted by Crippen LogP contribution is -2.25. The molecule has 6 nitrogen and oxygen atoms in total. The fourth-order valence-electron chi connectivity index (χ4n) is 2.36. The van der Waals surface area contributed by atoms with Gasteiger partial charge in [-0.25, -0.2) is 0 Å². The maximum atomic E-state index is 12.7. The maximum absolute atomic E-state index is 12.7. The Bertz CT molecular complexity index is 774. The molecule has 1 aliphatic rings. The minimum absolute atomic E-state index is 0.0382. The Morgan fingerprint density at radius 1 is 1.35 bits per heavy atom. The molecule has 0 radical (unpaired) electrons. The number of amides is 1. The minimum Gasteiger partial charge on any atom is -0.312 e. The monoisotopic (exact) mass is 315 g/mol. The Labute approximate surface area is 118 Å². The van der Waals surface area contributed by atoms with Crippen LogP contribution in [0.15, 0.2) is 18.2 Å². The molecule has 0 N–H and O–H groups in total. The van der Waals surface area contributed by atoms with Crippen molar-refractivity contribution in [3.05, 3.63) is 18.2 Å². The summed E-state index contributed by atoms with van der Waals surface area (Å²) in [5.41, 5.74) is 2.06. The van der Waals surface area contributed by atoms with E-state index < -0.39 is 21.9 Å². The molecule has 0 spiro atoms. The molecule has 0 bridgehead atoms. The number of benzene rings is 1. The van der Waals surface area contributed by atoms with Crippen LogP contribution in [0.2, 0.25) is 0 Å². The van der Waals surface area contributed by atoms with Gasteiger partial charge in [0.25, 0.3) is 0 Å². The van der Waals surface area contributed by atoms with Gasteiger partial charge in [0.15, 0.2) is 0 Å². The Kier molecular flexibility index (Phi) is 3.17. The van der Waals surface area contributed by atoms with Crippen molar-refractivity contribution in [1.82, 2.24) is 8.75 Å². The summed E-state index contributed by atoms with van der Waals surface area (Å²) in [7, 11) is -4.56. The van der Waals surface area contributed by atoms with Gasteiger partial charge < -0.3 is 4.90 Å². The molecule has 1 aliphatic heterocycles. The van der Waals surface area contributed by atoms with Gasteiger partial charge in [-0.15, -0.1) is 3.89 Å². The minimum atomic E-state index is -4.56. The first-order valence-electron chi connectivity index (χ1n) is 5.87. The highest BCUT2D eigenvalue weighted by molar-refractivity contribution is 7.86. The average molecular weight is 315 g/mol. The van der Waals surface area contributed by atoms with Crippen LogP contribution in [0.25, 0.3) is 11.0 Å². The summed E-state index contributed by atoms with van der Waals surface area (Å²) in [6.07, 6.45) is 0.0382. The van der Waals surface area contributed by atoms with Gasteiger partial charge >= 0.3 is 10.2 Å². The van der Waals surface area contributed by atoms with E-state index in [1.807, 2.05) is 0 Å². The molecule has 0 saturated carbocycles. The van der Waals surface area contributed by atoms with Crippen molar-refractivity contribution in [2.75, 3.05) is 17.2 Å². The Balaban J connectivity index is 1.85. The molecular formula is C11H10FN3O3S2. The van der Waals surface area contributed by atoms with E-state index in [-0.39, 0.29) is 18.9 Å². The molecule has 106 valence electrons. The molecule has 1 amide bonds. The quantitative estimate of drug-likeness (QED) is 0.799. The summed E-state index contributed by atoms with van der Waals surface area (Å²) in [4.78, 5) is 13.4. The van der Waals surface area contributed by atoms with Gasteiger partial charge in [0.1, 0.15) is 11.0 Å². The molecule has 1 aromatic heterocycles. The van der Waals surface area contributed by atoms with Crippen molar-refractivity contribution >= 4 is 44.6 Å². The van der Waals surface area contributed by atoms with Crippen molar-refractivity contribution in [3.63, 3.8) is 0 Å². The van der Waals surface area contributed by atoms with E-state index in [9.17, 15) is 17.1 Å². The highest BCUT2D eigenvalue weighted by atomic mass is 32.3. The SMILES string of the molecule is O=C1CC(CS(=O)(=O)F)CN1c1ccc2nsnc2c1. The van der Waals surface area contributed by atoms with Crippen LogP contribution < -0.4 is 4.90 Å². The second-order valence-corrected chi connectivity index (χ2v) is 6.66. The van der Waals surface area contributed by atoms with E-state index in [0.29, 0.717) is 11.2 Å². The van der Waals surface area contributed by atoms with Crippen molar-refractivity contribution in [3.8, 4) is 0 Å². The highest BCUT2D eigenvalue weighted by Crippen LogP contribution is 2.28. The van der Waals surface area contributed by atoms with E-state index in [1.165, 1.54) is 4.90 Å². The molecule has 2 heterocycles. The zero-order valence-corrected chi connectivity index (χ0v) is 11.8. The van der Waals surface area contributed by atoms with Gasteiger partial charge in [-0.3, -0.25) is 4.79 Å². The van der Waals surface area contributed by atoms with E-state index in [0.717, 1.165) is 17.2 Å². The fraction of sp³-hybridized carbons (Fsp3) is 0.364. The summed E-state index contributed by atoms with van der Waals surface area (Å²) in [5, 5.41) is 0. The molecule has 0 aliphatic carbocycles.